The number of nitrogens with one attached hydrogen (secondary N) is 2. The summed E-state index contributed by atoms with van der Waals surface area (Å²) < 4.78 is 30.7. The van der Waals surface area contributed by atoms with E-state index in [1.165, 1.54) is 48.6 Å². The molecule has 0 unspecified atom stereocenters. The highest BCUT2D eigenvalue weighted by Crippen LogP contribution is 2.20. The molecule has 0 saturated carbocycles. The number of halogens is 2. The number of amides is 2. The molecule has 2 aromatic rings. The van der Waals surface area contributed by atoms with Crippen LogP contribution in [-0.2, 0) is 9.53 Å². The molecule has 2 N–H and O–H groups in total. The number of carbonyl (C=O) groups is 2. The molecular weight excluding hydrogens is 318 g/mol. The molecule has 0 aliphatic rings. The van der Waals surface area contributed by atoms with Crippen molar-refractivity contribution in [2.45, 2.75) is 0 Å². The molecule has 2 amide bonds. The maximum absolute atomic E-state index is 13.6. The molecule has 0 fully saturated rings. The number of rotatable bonds is 4. The van der Waals surface area contributed by atoms with E-state index in [0.717, 1.165) is 13.2 Å². The van der Waals surface area contributed by atoms with E-state index in [1.54, 1.807) is 0 Å². The number of methoxy groups -OCH3 is 1. The van der Waals surface area contributed by atoms with E-state index in [0.29, 0.717) is 5.56 Å². The second kappa shape index (κ2) is 7.87. The summed E-state index contributed by atoms with van der Waals surface area (Å²) in [5.41, 5.74) is 0.817. The van der Waals surface area contributed by atoms with Gasteiger partial charge in [0.25, 0.3) is 0 Å². The van der Waals surface area contributed by atoms with Crippen LogP contribution in [0, 0.1) is 11.6 Å². The van der Waals surface area contributed by atoms with Crippen molar-refractivity contribution in [3.05, 3.63) is 65.7 Å². The lowest BCUT2D eigenvalue weighted by Gasteiger charge is -2.08. The molecule has 0 atom stereocenters. The standard InChI is InChI=1S/C17H14F2N2O3/c1-24-17(23)21-15-10-13(7-8-14(15)19)20-16(22)9-4-11-2-5-12(18)6-3-11/h2-10H,1H3,(H,20,22)(H,21,23)/b9-4+. The van der Waals surface area contributed by atoms with Gasteiger partial charge in [0.15, 0.2) is 0 Å². The van der Waals surface area contributed by atoms with Crippen molar-refractivity contribution in [1.29, 1.82) is 0 Å². The fraction of sp³-hybridized carbons (Fsp3) is 0.0588. The van der Waals surface area contributed by atoms with Crippen LogP contribution in [0.5, 0.6) is 0 Å². The number of hydrogen-bond donors (Lipinski definition) is 2. The fourth-order valence-corrected chi connectivity index (χ4v) is 1.79. The molecule has 0 saturated heterocycles. The van der Waals surface area contributed by atoms with Gasteiger partial charge in [-0.25, -0.2) is 13.6 Å². The van der Waals surface area contributed by atoms with Gasteiger partial charge in [-0.1, -0.05) is 12.1 Å². The molecule has 0 radical (unpaired) electrons. The van der Waals surface area contributed by atoms with Crippen LogP contribution in [0.2, 0.25) is 0 Å². The average Bonchev–Trinajstić information content (AvgIpc) is 2.57. The third-order valence-corrected chi connectivity index (χ3v) is 2.95. The van der Waals surface area contributed by atoms with E-state index in [1.807, 2.05) is 0 Å². The molecule has 7 heteroatoms. The van der Waals surface area contributed by atoms with Crippen LogP contribution in [0.4, 0.5) is 25.0 Å². The van der Waals surface area contributed by atoms with E-state index in [4.69, 9.17) is 0 Å². The quantitative estimate of drug-likeness (QED) is 0.837. The Bertz CT molecular complexity index is 774. The van der Waals surface area contributed by atoms with E-state index < -0.39 is 17.8 Å². The molecule has 0 aliphatic heterocycles. The van der Waals surface area contributed by atoms with Crippen molar-refractivity contribution in [2.24, 2.45) is 0 Å². The summed E-state index contributed by atoms with van der Waals surface area (Å²) in [6.45, 7) is 0. The Kier molecular flexibility index (Phi) is 5.62. The minimum Gasteiger partial charge on any atom is -0.453 e. The normalized spacial score (nSPS) is 10.5. The Morgan fingerprint density at radius 1 is 1.04 bits per heavy atom. The summed E-state index contributed by atoms with van der Waals surface area (Å²) in [6, 6.07) is 9.32. The Hall–Kier alpha value is -3.22. The number of anilines is 2. The average molecular weight is 332 g/mol. The largest absolute Gasteiger partial charge is 0.453 e. The molecule has 0 aromatic heterocycles. The summed E-state index contributed by atoms with van der Waals surface area (Å²) in [5, 5.41) is 4.72. The van der Waals surface area contributed by atoms with Crippen LogP contribution in [-0.4, -0.2) is 19.1 Å². The summed E-state index contributed by atoms with van der Waals surface area (Å²) in [6.07, 6.45) is 1.93. The first-order valence-electron chi connectivity index (χ1n) is 6.87. The summed E-state index contributed by atoms with van der Waals surface area (Å²) in [5.74, 6) is -1.50. The Labute approximate surface area is 136 Å². The summed E-state index contributed by atoms with van der Waals surface area (Å²) >= 11 is 0. The van der Waals surface area contributed by atoms with Crippen LogP contribution < -0.4 is 10.6 Å². The van der Waals surface area contributed by atoms with Gasteiger partial charge in [-0.2, -0.15) is 0 Å². The minimum absolute atomic E-state index is 0.123. The van der Waals surface area contributed by atoms with Crippen molar-refractivity contribution in [3.8, 4) is 0 Å². The molecule has 124 valence electrons. The lowest BCUT2D eigenvalue weighted by molar-refractivity contribution is -0.111. The van der Waals surface area contributed by atoms with E-state index >= 15 is 0 Å². The number of carbonyl (C=O) groups excluding carboxylic acids is 2. The molecular formula is C17H14F2N2O3. The van der Waals surface area contributed by atoms with Gasteiger partial charge in [0.1, 0.15) is 11.6 Å². The molecule has 5 nitrogen and oxygen atoms in total. The first-order chi connectivity index (χ1) is 11.5. The Morgan fingerprint density at radius 2 is 1.75 bits per heavy atom. The van der Waals surface area contributed by atoms with Crippen molar-refractivity contribution in [3.63, 3.8) is 0 Å². The van der Waals surface area contributed by atoms with E-state index in [9.17, 15) is 18.4 Å². The monoisotopic (exact) mass is 332 g/mol. The van der Waals surface area contributed by atoms with Gasteiger partial charge in [-0.15, -0.1) is 0 Å². The highest BCUT2D eigenvalue weighted by Gasteiger charge is 2.08. The molecule has 0 spiro atoms. The Balaban J connectivity index is 2.04. The van der Waals surface area contributed by atoms with Gasteiger partial charge in [0, 0.05) is 11.8 Å². The summed E-state index contributed by atoms with van der Waals surface area (Å²) in [7, 11) is 1.15. The molecule has 0 heterocycles. The smallest absolute Gasteiger partial charge is 0.411 e. The lowest BCUT2D eigenvalue weighted by Crippen LogP contribution is -2.13. The molecule has 0 aliphatic carbocycles. The number of hydrogen-bond acceptors (Lipinski definition) is 3. The first-order valence-corrected chi connectivity index (χ1v) is 6.87. The topological polar surface area (TPSA) is 67.4 Å². The van der Waals surface area contributed by atoms with Gasteiger partial charge < -0.3 is 10.1 Å². The molecule has 0 bridgehead atoms. The van der Waals surface area contributed by atoms with Gasteiger partial charge in [0.05, 0.1) is 12.8 Å². The third-order valence-electron chi connectivity index (χ3n) is 2.95. The highest BCUT2D eigenvalue weighted by molar-refractivity contribution is 6.02. The maximum Gasteiger partial charge on any atom is 0.411 e. The van der Waals surface area contributed by atoms with Crippen molar-refractivity contribution >= 4 is 29.5 Å². The summed E-state index contributed by atoms with van der Waals surface area (Å²) in [4.78, 5) is 23.0. The van der Waals surface area contributed by atoms with Crippen molar-refractivity contribution < 1.29 is 23.1 Å². The number of ether oxygens (including phenoxy) is 1. The lowest BCUT2D eigenvalue weighted by atomic mass is 10.2. The predicted octanol–water partition coefficient (Wildman–Crippen LogP) is 3.80. The van der Waals surface area contributed by atoms with Crippen molar-refractivity contribution in [2.75, 3.05) is 17.7 Å². The molecule has 2 aromatic carbocycles. The van der Waals surface area contributed by atoms with Gasteiger partial charge in [-0.05, 0) is 42.0 Å². The number of benzene rings is 2. The van der Waals surface area contributed by atoms with Crippen LogP contribution in [0.25, 0.3) is 6.08 Å². The van der Waals surface area contributed by atoms with Gasteiger partial charge >= 0.3 is 6.09 Å². The maximum atomic E-state index is 13.6. The van der Waals surface area contributed by atoms with Crippen LogP contribution in [0.1, 0.15) is 5.56 Å². The van der Waals surface area contributed by atoms with E-state index in [2.05, 4.69) is 15.4 Å². The zero-order valence-corrected chi connectivity index (χ0v) is 12.7. The zero-order chi connectivity index (χ0) is 17.5. The Morgan fingerprint density at radius 3 is 2.42 bits per heavy atom. The molecule has 24 heavy (non-hydrogen) atoms. The highest BCUT2D eigenvalue weighted by atomic mass is 19.1. The van der Waals surface area contributed by atoms with E-state index in [-0.39, 0.29) is 17.2 Å². The second-order valence-corrected chi connectivity index (χ2v) is 4.69. The zero-order valence-electron chi connectivity index (χ0n) is 12.7. The second-order valence-electron chi connectivity index (χ2n) is 4.69. The minimum atomic E-state index is -0.825. The first kappa shape index (κ1) is 17.1. The fourth-order valence-electron chi connectivity index (χ4n) is 1.79. The van der Waals surface area contributed by atoms with Crippen LogP contribution in [0.3, 0.4) is 0 Å². The van der Waals surface area contributed by atoms with Crippen molar-refractivity contribution in [1.82, 2.24) is 0 Å². The SMILES string of the molecule is COC(=O)Nc1cc(NC(=O)/C=C/c2ccc(F)cc2)ccc1F. The van der Waals surface area contributed by atoms with Gasteiger partial charge in [0.2, 0.25) is 5.91 Å². The van der Waals surface area contributed by atoms with Gasteiger partial charge in [-0.3, -0.25) is 10.1 Å². The van der Waals surface area contributed by atoms with Crippen LogP contribution in [0.15, 0.2) is 48.5 Å². The third kappa shape index (κ3) is 4.91. The van der Waals surface area contributed by atoms with Crippen LogP contribution >= 0.6 is 0 Å². The molecule has 2 rings (SSSR count). The predicted molar refractivity (Wildman–Crippen MR) is 86.5 cm³/mol.